The van der Waals surface area contributed by atoms with E-state index >= 15 is 0 Å². The zero-order valence-corrected chi connectivity index (χ0v) is 13.3. The van der Waals surface area contributed by atoms with E-state index in [0.29, 0.717) is 5.41 Å². The third-order valence-electron chi connectivity index (χ3n) is 5.08. The predicted octanol–water partition coefficient (Wildman–Crippen LogP) is 1.94. The van der Waals surface area contributed by atoms with Gasteiger partial charge < -0.3 is 14.5 Å². The molecule has 0 aromatic carbocycles. The molecule has 0 bridgehead atoms. The lowest BCUT2D eigenvalue weighted by Gasteiger charge is -2.48. The Labute approximate surface area is 132 Å². The first kappa shape index (κ1) is 15.3. The van der Waals surface area contributed by atoms with Crippen molar-refractivity contribution in [1.29, 1.82) is 0 Å². The van der Waals surface area contributed by atoms with Gasteiger partial charge in [-0.2, -0.15) is 0 Å². The number of aromatic nitrogens is 1. The van der Waals surface area contributed by atoms with Gasteiger partial charge >= 0.3 is 0 Å². The molecule has 1 amide bonds. The largest absolute Gasteiger partial charge is 0.375 e. The zero-order valence-electron chi connectivity index (χ0n) is 13.3. The molecule has 0 saturated carbocycles. The van der Waals surface area contributed by atoms with Gasteiger partial charge in [0.1, 0.15) is 12.4 Å². The van der Waals surface area contributed by atoms with E-state index in [-0.39, 0.29) is 12.5 Å². The van der Waals surface area contributed by atoms with E-state index in [9.17, 15) is 4.79 Å². The van der Waals surface area contributed by atoms with Gasteiger partial charge in [-0.05, 0) is 43.2 Å². The lowest BCUT2D eigenvalue weighted by Crippen LogP contribution is -2.51. The van der Waals surface area contributed by atoms with Crippen LogP contribution >= 0.6 is 0 Å². The fourth-order valence-electron chi connectivity index (χ4n) is 3.80. The van der Waals surface area contributed by atoms with Crippen LogP contribution in [0.15, 0.2) is 24.4 Å². The van der Waals surface area contributed by atoms with E-state index < -0.39 is 0 Å². The van der Waals surface area contributed by atoms with E-state index in [2.05, 4.69) is 22.0 Å². The van der Waals surface area contributed by atoms with Crippen molar-refractivity contribution in [2.45, 2.75) is 25.7 Å². The van der Waals surface area contributed by atoms with E-state index in [0.717, 1.165) is 44.8 Å². The van der Waals surface area contributed by atoms with Crippen LogP contribution in [-0.2, 0) is 9.53 Å². The molecule has 3 heterocycles. The van der Waals surface area contributed by atoms with Gasteiger partial charge in [-0.25, -0.2) is 4.98 Å². The summed E-state index contributed by atoms with van der Waals surface area (Å²) in [5.41, 5.74) is 0.347. The number of pyridine rings is 1. The summed E-state index contributed by atoms with van der Waals surface area (Å²) >= 11 is 0. The van der Waals surface area contributed by atoms with Crippen molar-refractivity contribution in [2.24, 2.45) is 5.41 Å². The van der Waals surface area contributed by atoms with Crippen molar-refractivity contribution in [3.63, 3.8) is 0 Å². The number of anilines is 1. The minimum absolute atomic E-state index is 0.120. The lowest BCUT2D eigenvalue weighted by atomic mass is 9.72. The van der Waals surface area contributed by atoms with Crippen LogP contribution in [0, 0.1) is 5.41 Å². The first-order chi connectivity index (χ1) is 10.7. The number of hydrogen-bond acceptors (Lipinski definition) is 4. The Kier molecular flexibility index (Phi) is 4.62. The second-order valence-electron chi connectivity index (χ2n) is 6.53. The van der Waals surface area contributed by atoms with Gasteiger partial charge in [0, 0.05) is 39.5 Å². The van der Waals surface area contributed by atoms with Gasteiger partial charge in [0.15, 0.2) is 0 Å². The average Bonchev–Trinajstić information content (AvgIpc) is 2.57. The smallest absolute Gasteiger partial charge is 0.248 e. The maximum atomic E-state index is 11.9. The minimum atomic E-state index is 0.120. The summed E-state index contributed by atoms with van der Waals surface area (Å²) < 4.78 is 4.96. The lowest BCUT2D eigenvalue weighted by molar-refractivity contribution is -0.137. The van der Waals surface area contributed by atoms with Crippen LogP contribution in [0.1, 0.15) is 25.7 Å². The molecule has 2 aliphatic rings. The van der Waals surface area contributed by atoms with Gasteiger partial charge in [0.05, 0.1) is 0 Å². The second-order valence-corrected chi connectivity index (χ2v) is 6.53. The summed E-state index contributed by atoms with van der Waals surface area (Å²) in [6.45, 7) is 4.07. The summed E-state index contributed by atoms with van der Waals surface area (Å²) in [5, 5.41) is 0. The Balaban J connectivity index is 1.62. The molecule has 0 atom stereocenters. The highest BCUT2D eigenvalue weighted by molar-refractivity contribution is 5.77. The van der Waals surface area contributed by atoms with Gasteiger partial charge in [0.25, 0.3) is 0 Å². The van der Waals surface area contributed by atoms with E-state index in [4.69, 9.17) is 4.74 Å². The maximum Gasteiger partial charge on any atom is 0.248 e. The van der Waals surface area contributed by atoms with Crippen LogP contribution in [0.5, 0.6) is 0 Å². The number of hydrogen-bond donors (Lipinski definition) is 0. The molecule has 1 aromatic heterocycles. The summed E-state index contributed by atoms with van der Waals surface area (Å²) in [5.74, 6) is 1.20. The number of carbonyl (C=O) groups is 1. The normalized spacial score (nSPS) is 21.1. The van der Waals surface area contributed by atoms with E-state index in [1.54, 1.807) is 7.11 Å². The Bertz CT molecular complexity index is 498. The number of likely N-dealkylation sites (tertiary alicyclic amines) is 1. The standard InChI is InChI=1S/C17H25N3O2/c1-22-13-16(21)19-11-7-17(8-12-19)6-4-10-20(14-17)15-5-2-3-9-18-15/h2-3,5,9H,4,6-8,10-14H2,1H3. The van der Waals surface area contributed by atoms with Crippen molar-refractivity contribution in [1.82, 2.24) is 9.88 Å². The number of nitrogens with zero attached hydrogens (tertiary/aromatic N) is 3. The molecular formula is C17H25N3O2. The first-order valence-corrected chi connectivity index (χ1v) is 8.15. The van der Waals surface area contributed by atoms with Crippen LogP contribution in [-0.4, -0.2) is 55.7 Å². The molecule has 0 N–H and O–H groups in total. The van der Waals surface area contributed by atoms with Crippen LogP contribution in [0.25, 0.3) is 0 Å². The number of piperidine rings is 2. The number of amides is 1. The molecule has 120 valence electrons. The third kappa shape index (κ3) is 3.24. The molecule has 1 aromatic rings. The van der Waals surface area contributed by atoms with Gasteiger partial charge in [-0.3, -0.25) is 4.79 Å². The van der Waals surface area contributed by atoms with Crippen molar-refractivity contribution in [3.05, 3.63) is 24.4 Å². The molecule has 5 nitrogen and oxygen atoms in total. The van der Waals surface area contributed by atoms with E-state index in [1.807, 2.05) is 17.2 Å². The Morgan fingerprint density at radius 1 is 1.27 bits per heavy atom. The second kappa shape index (κ2) is 6.65. The van der Waals surface area contributed by atoms with Crippen molar-refractivity contribution in [3.8, 4) is 0 Å². The minimum Gasteiger partial charge on any atom is -0.375 e. The van der Waals surface area contributed by atoms with Crippen LogP contribution in [0.4, 0.5) is 5.82 Å². The Hall–Kier alpha value is -1.62. The topological polar surface area (TPSA) is 45.7 Å². The molecular weight excluding hydrogens is 278 g/mol. The summed E-state index contributed by atoms with van der Waals surface area (Å²) in [6.07, 6.45) is 6.52. The molecule has 0 aliphatic carbocycles. The molecule has 2 saturated heterocycles. The molecule has 2 aliphatic heterocycles. The van der Waals surface area contributed by atoms with Crippen LogP contribution in [0.2, 0.25) is 0 Å². The summed E-state index contributed by atoms with van der Waals surface area (Å²) in [6, 6.07) is 6.11. The first-order valence-electron chi connectivity index (χ1n) is 8.15. The highest BCUT2D eigenvalue weighted by Crippen LogP contribution is 2.40. The maximum absolute atomic E-state index is 11.9. The Morgan fingerprint density at radius 2 is 2.09 bits per heavy atom. The molecule has 5 heteroatoms. The Morgan fingerprint density at radius 3 is 2.77 bits per heavy atom. The fourth-order valence-corrected chi connectivity index (χ4v) is 3.80. The zero-order chi connectivity index (χ0) is 15.4. The summed E-state index contributed by atoms with van der Waals surface area (Å²) in [4.78, 5) is 20.8. The molecule has 3 rings (SSSR count). The number of rotatable bonds is 3. The fraction of sp³-hybridized carbons (Fsp3) is 0.647. The van der Waals surface area contributed by atoms with Crippen molar-refractivity contribution >= 4 is 11.7 Å². The average molecular weight is 303 g/mol. The number of carbonyl (C=O) groups excluding carboxylic acids is 1. The molecule has 0 radical (unpaired) electrons. The SMILES string of the molecule is COCC(=O)N1CCC2(CCCN(c3ccccn3)C2)CC1. The van der Waals surface area contributed by atoms with Crippen LogP contribution in [0.3, 0.4) is 0 Å². The number of ether oxygens (including phenoxy) is 1. The van der Waals surface area contributed by atoms with E-state index in [1.165, 1.54) is 12.8 Å². The molecule has 1 spiro atoms. The van der Waals surface area contributed by atoms with Gasteiger partial charge in [0.2, 0.25) is 5.91 Å². The highest BCUT2D eigenvalue weighted by Gasteiger charge is 2.39. The van der Waals surface area contributed by atoms with Crippen molar-refractivity contribution < 1.29 is 9.53 Å². The quantitative estimate of drug-likeness (QED) is 0.856. The molecule has 2 fully saturated rings. The number of methoxy groups -OCH3 is 1. The summed E-state index contributed by atoms with van der Waals surface area (Å²) in [7, 11) is 1.58. The monoisotopic (exact) mass is 303 g/mol. The molecule has 0 unspecified atom stereocenters. The van der Waals surface area contributed by atoms with Gasteiger partial charge in [-0.1, -0.05) is 6.07 Å². The van der Waals surface area contributed by atoms with Crippen molar-refractivity contribution in [2.75, 3.05) is 44.8 Å². The highest BCUT2D eigenvalue weighted by atomic mass is 16.5. The van der Waals surface area contributed by atoms with Gasteiger partial charge in [-0.15, -0.1) is 0 Å². The van der Waals surface area contributed by atoms with Crippen LogP contribution < -0.4 is 4.90 Å². The molecule has 22 heavy (non-hydrogen) atoms. The predicted molar refractivity (Wildman–Crippen MR) is 85.8 cm³/mol. The third-order valence-corrected chi connectivity index (χ3v) is 5.08.